The van der Waals surface area contributed by atoms with E-state index in [0.717, 1.165) is 18.9 Å². The van der Waals surface area contributed by atoms with Gasteiger partial charge in [-0.25, -0.2) is 0 Å². The van der Waals surface area contributed by atoms with E-state index in [1.807, 2.05) is 0 Å². The van der Waals surface area contributed by atoms with E-state index in [0.29, 0.717) is 6.42 Å². The van der Waals surface area contributed by atoms with E-state index in [2.05, 4.69) is 0 Å². The summed E-state index contributed by atoms with van der Waals surface area (Å²) in [5.74, 6) is 0. The lowest BCUT2D eigenvalue weighted by molar-refractivity contribution is -0.0491. The van der Waals surface area contributed by atoms with Crippen LogP contribution in [0.1, 0.15) is 19.3 Å². The van der Waals surface area contributed by atoms with Gasteiger partial charge in [-0.1, -0.05) is 0 Å². The van der Waals surface area contributed by atoms with E-state index < -0.39 is 12.2 Å². The molecule has 1 unspecified atom stereocenters. The number of hydrogen-bond donors (Lipinski definition) is 3. The molecule has 0 aromatic carbocycles. The molecule has 0 aromatic rings. The lowest BCUT2D eigenvalue weighted by Crippen LogP contribution is -2.25. The normalized spacial score (nSPS) is 42.6. The number of ether oxygens (including phenoxy) is 2. The van der Waals surface area contributed by atoms with Crippen molar-refractivity contribution in [3.05, 3.63) is 6.10 Å². The maximum atomic E-state index is 9.54. The molecule has 5 heteroatoms. The minimum atomic E-state index is -0.621. The Bertz CT molecular complexity index is 210. The number of hydrogen-bond acceptors (Lipinski definition) is 5. The zero-order valence-electron chi connectivity index (χ0n) is 8.50. The SMILES string of the molecule is OC[C@@H]1CC[C](C2C[C@H](O)[C@@H](CO)O2)O1. The standard InChI is InChI=1S/C10H17O5/c11-4-6-1-2-8(14-6)9-3-7(13)10(5-12)15-9/h6-7,9-13H,1-5H2/t6-,7-,9?,10+/m0/s1. The highest BCUT2D eigenvalue weighted by molar-refractivity contribution is 5.00. The molecule has 0 saturated carbocycles. The molecular formula is C10H17O5. The molecule has 0 spiro atoms. The molecule has 0 bridgehead atoms. The summed E-state index contributed by atoms with van der Waals surface area (Å²) in [6.07, 6.45) is 1.35. The van der Waals surface area contributed by atoms with Crippen molar-refractivity contribution in [2.75, 3.05) is 13.2 Å². The quantitative estimate of drug-likeness (QED) is 0.577. The van der Waals surface area contributed by atoms with Crippen molar-refractivity contribution in [2.45, 2.75) is 43.7 Å². The smallest absolute Gasteiger partial charge is 0.126 e. The van der Waals surface area contributed by atoms with Gasteiger partial charge in [0, 0.05) is 6.42 Å². The van der Waals surface area contributed by atoms with Gasteiger partial charge in [-0.3, -0.25) is 0 Å². The molecule has 4 atom stereocenters. The maximum Gasteiger partial charge on any atom is 0.126 e. The van der Waals surface area contributed by atoms with Crippen molar-refractivity contribution in [3.63, 3.8) is 0 Å². The van der Waals surface area contributed by atoms with Crippen molar-refractivity contribution in [3.8, 4) is 0 Å². The Hall–Kier alpha value is -0.200. The van der Waals surface area contributed by atoms with Gasteiger partial charge in [-0.2, -0.15) is 0 Å². The van der Waals surface area contributed by atoms with Crippen LogP contribution in [0.15, 0.2) is 0 Å². The van der Waals surface area contributed by atoms with Crippen LogP contribution in [0.4, 0.5) is 0 Å². The average molecular weight is 217 g/mol. The van der Waals surface area contributed by atoms with E-state index in [9.17, 15) is 5.11 Å². The minimum Gasteiger partial charge on any atom is -0.394 e. The molecule has 2 heterocycles. The molecule has 2 saturated heterocycles. The topological polar surface area (TPSA) is 79.2 Å². The molecule has 0 amide bonds. The molecule has 2 rings (SSSR count). The van der Waals surface area contributed by atoms with Crippen LogP contribution in [0.2, 0.25) is 0 Å². The zero-order chi connectivity index (χ0) is 10.8. The van der Waals surface area contributed by atoms with Crippen LogP contribution in [0.5, 0.6) is 0 Å². The predicted octanol–water partition coefficient (Wildman–Crippen LogP) is -0.800. The third kappa shape index (κ3) is 2.32. The highest BCUT2D eigenvalue weighted by Crippen LogP contribution is 2.36. The van der Waals surface area contributed by atoms with Gasteiger partial charge in [0.1, 0.15) is 12.2 Å². The van der Waals surface area contributed by atoms with Gasteiger partial charge in [0.2, 0.25) is 0 Å². The minimum absolute atomic E-state index is 0.0161. The summed E-state index contributed by atoms with van der Waals surface area (Å²) in [5.41, 5.74) is 0. The summed E-state index contributed by atoms with van der Waals surface area (Å²) in [6.45, 7) is -0.156. The second-order valence-corrected chi connectivity index (χ2v) is 4.08. The van der Waals surface area contributed by atoms with Crippen molar-refractivity contribution in [1.82, 2.24) is 0 Å². The molecule has 3 N–H and O–H groups in total. The molecule has 0 aliphatic carbocycles. The Balaban J connectivity index is 1.86. The lowest BCUT2D eigenvalue weighted by atomic mass is 10.1. The van der Waals surface area contributed by atoms with Gasteiger partial charge >= 0.3 is 0 Å². The van der Waals surface area contributed by atoms with Gasteiger partial charge in [0.25, 0.3) is 0 Å². The van der Waals surface area contributed by atoms with Crippen LogP contribution in [0.25, 0.3) is 0 Å². The first-order chi connectivity index (χ1) is 7.24. The fraction of sp³-hybridized carbons (Fsp3) is 0.900. The zero-order valence-corrected chi connectivity index (χ0v) is 8.50. The van der Waals surface area contributed by atoms with E-state index in [1.54, 1.807) is 0 Å². The van der Waals surface area contributed by atoms with Crippen LogP contribution in [0, 0.1) is 6.10 Å². The number of aliphatic hydroxyl groups excluding tert-OH is 3. The maximum absolute atomic E-state index is 9.54. The van der Waals surface area contributed by atoms with Crippen LogP contribution in [-0.2, 0) is 9.47 Å². The van der Waals surface area contributed by atoms with Gasteiger partial charge in [-0.15, -0.1) is 0 Å². The Morgan fingerprint density at radius 1 is 1.27 bits per heavy atom. The Labute approximate surface area is 88.6 Å². The largest absolute Gasteiger partial charge is 0.394 e. The summed E-state index contributed by atoms with van der Waals surface area (Å²) in [4.78, 5) is 0. The van der Waals surface area contributed by atoms with Gasteiger partial charge in [0.15, 0.2) is 0 Å². The highest BCUT2D eigenvalue weighted by atomic mass is 16.6. The Morgan fingerprint density at radius 3 is 2.60 bits per heavy atom. The summed E-state index contributed by atoms with van der Waals surface area (Å²) in [5, 5.41) is 27.4. The van der Waals surface area contributed by atoms with Gasteiger partial charge < -0.3 is 24.8 Å². The molecule has 2 aliphatic rings. The van der Waals surface area contributed by atoms with E-state index in [-0.39, 0.29) is 25.4 Å². The molecular weight excluding hydrogens is 200 g/mol. The monoisotopic (exact) mass is 217 g/mol. The molecule has 1 radical (unpaired) electrons. The number of aliphatic hydroxyl groups is 3. The van der Waals surface area contributed by atoms with Gasteiger partial charge in [-0.05, 0) is 12.8 Å². The predicted molar refractivity (Wildman–Crippen MR) is 50.8 cm³/mol. The fourth-order valence-electron chi connectivity index (χ4n) is 2.10. The summed E-state index contributed by atoms with van der Waals surface area (Å²) < 4.78 is 10.9. The Morgan fingerprint density at radius 2 is 2.07 bits per heavy atom. The summed E-state index contributed by atoms with van der Waals surface area (Å²) in [6, 6.07) is 0. The molecule has 5 nitrogen and oxygen atoms in total. The van der Waals surface area contributed by atoms with Crippen molar-refractivity contribution in [2.24, 2.45) is 0 Å². The van der Waals surface area contributed by atoms with Gasteiger partial charge in [0.05, 0.1) is 31.5 Å². The van der Waals surface area contributed by atoms with Crippen molar-refractivity contribution < 1.29 is 24.8 Å². The molecule has 2 aliphatic heterocycles. The molecule has 2 fully saturated rings. The van der Waals surface area contributed by atoms with Crippen LogP contribution < -0.4 is 0 Å². The third-order valence-electron chi connectivity index (χ3n) is 3.00. The first kappa shape index (κ1) is 11.3. The molecule has 87 valence electrons. The highest BCUT2D eigenvalue weighted by Gasteiger charge is 2.41. The van der Waals surface area contributed by atoms with E-state index in [1.165, 1.54) is 0 Å². The van der Waals surface area contributed by atoms with Crippen molar-refractivity contribution >= 4 is 0 Å². The first-order valence-electron chi connectivity index (χ1n) is 5.32. The van der Waals surface area contributed by atoms with Crippen molar-refractivity contribution in [1.29, 1.82) is 0 Å². The second kappa shape index (κ2) is 4.76. The fourth-order valence-corrected chi connectivity index (χ4v) is 2.10. The third-order valence-corrected chi connectivity index (χ3v) is 3.00. The second-order valence-electron chi connectivity index (χ2n) is 4.08. The van der Waals surface area contributed by atoms with E-state index >= 15 is 0 Å². The van der Waals surface area contributed by atoms with Crippen LogP contribution in [-0.4, -0.2) is 52.9 Å². The Kier molecular flexibility index (Phi) is 3.58. The average Bonchev–Trinajstić information content (AvgIpc) is 2.83. The number of rotatable bonds is 3. The molecule has 15 heavy (non-hydrogen) atoms. The summed E-state index contributed by atoms with van der Waals surface area (Å²) in [7, 11) is 0. The molecule has 0 aromatic heterocycles. The lowest BCUT2D eigenvalue weighted by Gasteiger charge is -2.18. The van der Waals surface area contributed by atoms with Crippen LogP contribution in [0.3, 0.4) is 0 Å². The first-order valence-corrected chi connectivity index (χ1v) is 5.32. The summed E-state index contributed by atoms with van der Waals surface area (Å²) >= 11 is 0. The van der Waals surface area contributed by atoms with Crippen LogP contribution >= 0.6 is 0 Å². The van der Waals surface area contributed by atoms with E-state index in [4.69, 9.17) is 19.7 Å².